The van der Waals surface area contributed by atoms with Gasteiger partial charge in [0.2, 0.25) is 11.8 Å². The fraction of sp³-hybridized carbons (Fsp3) is 0.688. The molecular formula is C16H27N5O3. The molecule has 0 aliphatic carbocycles. The van der Waals surface area contributed by atoms with Gasteiger partial charge in [0.05, 0.1) is 6.54 Å². The number of hydrogen-bond acceptors (Lipinski definition) is 5. The van der Waals surface area contributed by atoms with Gasteiger partial charge in [0.25, 0.3) is 0 Å². The van der Waals surface area contributed by atoms with Gasteiger partial charge in [-0.2, -0.15) is 0 Å². The molecule has 2 heterocycles. The average molecular weight is 337 g/mol. The first kappa shape index (κ1) is 18.4. The molecule has 1 saturated heterocycles. The van der Waals surface area contributed by atoms with Crippen LogP contribution in [0.4, 0.5) is 0 Å². The third-order valence-electron chi connectivity index (χ3n) is 4.41. The Kier molecular flexibility index (Phi) is 6.33. The van der Waals surface area contributed by atoms with E-state index in [4.69, 9.17) is 10.5 Å². The number of nitrogens with two attached hydrogens (primary N) is 1. The summed E-state index contributed by atoms with van der Waals surface area (Å²) >= 11 is 0. The van der Waals surface area contributed by atoms with E-state index in [1.165, 1.54) is 0 Å². The molecule has 8 heteroatoms. The van der Waals surface area contributed by atoms with Crippen molar-refractivity contribution in [2.75, 3.05) is 26.3 Å². The molecule has 1 aliphatic rings. The van der Waals surface area contributed by atoms with Gasteiger partial charge in [0.15, 0.2) is 0 Å². The number of carbonyl (C=O) groups excluding carboxylic acids is 2. The van der Waals surface area contributed by atoms with E-state index in [1.54, 1.807) is 6.20 Å². The molecule has 2 amide bonds. The molecule has 1 fully saturated rings. The highest BCUT2D eigenvalue weighted by atomic mass is 16.5. The summed E-state index contributed by atoms with van der Waals surface area (Å²) in [6.45, 7) is 6.39. The summed E-state index contributed by atoms with van der Waals surface area (Å²) in [5.74, 6) is 1.03. The molecular weight excluding hydrogens is 310 g/mol. The predicted molar refractivity (Wildman–Crippen MR) is 88.8 cm³/mol. The molecule has 8 nitrogen and oxygen atoms in total. The van der Waals surface area contributed by atoms with Crippen LogP contribution in [0.25, 0.3) is 0 Å². The molecule has 1 aliphatic heterocycles. The van der Waals surface area contributed by atoms with Crippen LogP contribution >= 0.6 is 0 Å². The number of amides is 2. The summed E-state index contributed by atoms with van der Waals surface area (Å²) in [4.78, 5) is 29.3. The number of aromatic nitrogens is 2. The van der Waals surface area contributed by atoms with Gasteiger partial charge in [-0.1, -0.05) is 13.8 Å². The predicted octanol–water partition coefficient (Wildman–Crippen LogP) is -0.505. The Labute approximate surface area is 142 Å². The Balaban J connectivity index is 1.89. The number of rotatable bonds is 8. The number of carbonyl (C=O) groups is 2. The summed E-state index contributed by atoms with van der Waals surface area (Å²) in [6, 6.07) is 0.0648. The maximum Gasteiger partial charge on any atom is 0.246 e. The lowest BCUT2D eigenvalue weighted by Crippen LogP contribution is -2.43. The fourth-order valence-electron chi connectivity index (χ4n) is 3.11. The van der Waals surface area contributed by atoms with Gasteiger partial charge in [-0.25, -0.2) is 4.98 Å². The van der Waals surface area contributed by atoms with E-state index in [-0.39, 0.29) is 25.2 Å². The highest BCUT2D eigenvalue weighted by Gasteiger charge is 2.35. The number of nitrogens with one attached hydrogen (secondary N) is 1. The van der Waals surface area contributed by atoms with Crippen LogP contribution in [0.3, 0.4) is 0 Å². The Morgan fingerprint density at radius 1 is 1.42 bits per heavy atom. The normalized spacial score (nSPS) is 21.3. The lowest BCUT2D eigenvalue weighted by Gasteiger charge is -2.22. The van der Waals surface area contributed by atoms with Crippen LogP contribution in [0.15, 0.2) is 12.4 Å². The van der Waals surface area contributed by atoms with Crippen molar-refractivity contribution in [2.24, 2.45) is 24.6 Å². The van der Waals surface area contributed by atoms with Gasteiger partial charge < -0.3 is 20.4 Å². The second-order valence-electron chi connectivity index (χ2n) is 6.69. The SMILES string of the molecule is CC(C)[C@H]1CN(Cc2nccn2C)C[C@@H]1NC(=O)COCC(N)=O. The van der Waals surface area contributed by atoms with Crippen molar-refractivity contribution in [3.8, 4) is 0 Å². The van der Waals surface area contributed by atoms with Gasteiger partial charge in [0.1, 0.15) is 19.0 Å². The topological polar surface area (TPSA) is 102 Å². The summed E-state index contributed by atoms with van der Waals surface area (Å²) < 4.78 is 6.99. The standard InChI is InChI=1S/C16H27N5O3/c1-11(2)12-6-21(8-15-18-4-5-20(15)3)7-13(12)19-16(23)10-24-9-14(17)22/h4-5,11-13H,6-10H2,1-3H3,(H2,17,22)(H,19,23)/t12-,13+/m1/s1. The van der Waals surface area contributed by atoms with Gasteiger partial charge in [-0.3, -0.25) is 14.5 Å². The highest BCUT2D eigenvalue weighted by Crippen LogP contribution is 2.25. The average Bonchev–Trinajstić information content (AvgIpc) is 3.06. The molecule has 0 aromatic carbocycles. The zero-order valence-electron chi connectivity index (χ0n) is 14.6. The minimum atomic E-state index is -0.579. The first-order valence-electron chi connectivity index (χ1n) is 8.20. The minimum Gasteiger partial charge on any atom is -0.368 e. The molecule has 0 radical (unpaired) electrons. The third kappa shape index (κ3) is 5.04. The van der Waals surface area contributed by atoms with E-state index in [0.29, 0.717) is 11.8 Å². The zero-order valence-corrected chi connectivity index (χ0v) is 14.6. The maximum atomic E-state index is 12.0. The first-order chi connectivity index (χ1) is 11.4. The van der Waals surface area contributed by atoms with E-state index in [1.807, 2.05) is 17.8 Å². The van der Waals surface area contributed by atoms with Crippen molar-refractivity contribution in [3.63, 3.8) is 0 Å². The number of primary amides is 1. The number of hydrogen-bond donors (Lipinski definition) is 2. The number of aryl methyl sites for hydroxylation is 1. The number of nitrogens with zero attached hydrogens (tertiary/aromatic N) is 3. The van der Waals surface area contributed by atoms with Crippen LogP contribution in [0.5, 0.6) is 0 Å². The Morgan fingerprint density at radius 2 is 2.17 bits per heavy atom. The molecule has 1 aromatic heterocycles. The molecule has 0 spiro atoms. The van der Waals surface area contributed by atoms with Crippen LogP contribution in [0.2, 0.25) is 0 Å². The Hall–Kier alpha value is -1.93. The van der Waals surface area contributed by atoms with E-state index < -0.39 is 5.91 Å². The molecule has 1 aromatic rings. The highest BCUT2D eigenvalue weighted by molar-refractivity contribution is 5.79. The van der Waals surface area contributed by atoms with Crippen molar-refractivity contribution in [2.45, 2.75) is 26.4 Å². The monoisotopic (exact) mass is 337 g/mol. The van der Waals surface area contributed by atoms with E-state index in [0.717, 1.165) is 25.5 Å². The lowest BCUT2D eigenvalue weighted by molar-refractivity contribution is -0.130. The van der Waals surface area contributed by atoms with Crippen molar-refractivity contribution >= 4 is 11.8 Å². The number of likely N-dealkylation sites (tertiary alicyclic amines) is 1. The van der Waals surface area contributed by atoms with E-state index in [9.17, 15) is 9.59 Å². The Bertz CT molecular complexity index is 572. The van der Waals surface area contributed by atoms with Crippen molar-refractivity contribution in [1.29, 1.82) is 0 Å². The molecule has 0 saturated carbocycles. The molecule has 0 bridgehead atoms. The summed E-state index contributed by atoms with van der Waals surface area (Å²) in [5.41, 5.74) is 4.99. The van der Waals surface area contributed by atoms with Crippen LogP contribution in [0, 0.1) is 11.8 Å². The lowest BCUT2D eigenvalue weighted by atomic mass is 9.91. The quantitative estimate of drug-likeness (QED) is 0.665. The third-order valence-corrected chi connectivity index (χ3v) is 4.41. The molecule has 3 N–H and O–H groups in total. The molecule has 24 heavy (non-hydrogen) atoms. The second-order valence-corrected chi connectivity index (χ2v) is 6.69. The van der Waals surface area contributed by atoms with Crippen LogP contribution in [-0.4, -0.2) is 58.6 Å². The van der Waals surface area contributed by atoms with Gasteiger partial charge in [-0.15, -0.1) is 0 Å². The van der Waals surface area contributed by atoms with Crippen LogP contribution < -0.4 is 11.1 Å². The van der Waals surface area contributed by atoms with Gasteiger partial charge >= 0.3 is 0 Å². The number of imidazole rings is 1. The van der Waals surface area contributed by atoms with Gasteiger partial charge in [-0.05, 0) is 11.8 Å². The molecule has 2 rings (SSSR count). The van der Waals surface area contributed by atoms with Crippen molar-refractivity contribution in [1.82, 2.24) is 19.8 Å². The van der Waals surface area contributed by atoms with Crippen LogP contribution in [-0.2, 0) is 27.9 Å². The molecule has 2 atom stereocenters. The van der Waals surface area contributed by atoms with E-state index >= 15 is 0 Å². The van der Waals surface area contributed by atoms with Crippen molar-refractivity contribution in [3.05, 3.63) is 18.2 Å². The maximum absolute atomic E-state index is 12.0. The Morgan fingerprint density at radius 3 is 2.75 bits per heavy atom. The zero-order chi connectivity index (χ0) is 17.7. The molecule has 0 unspecified atom stereocenters. The fourth-order valence-corrected chi connectivity index (χ4v) is 3.11. The summed E-state index contributed by atoms with van der Waals surface area (Å²) in [5, 5.41) is 3.02. The largest absolute Gasteiger partial charge is 0.368 e. The second kappa shape index (κ2) is 8.25. The number of ether oxygens (including phenoxy) is 1. The van der Waals surface area contributed by atoms with Crippen molar-refractivity contribution < 1.29 is 14.3 Å². The van der Waals surface area contributed by atoms with Crippen LogP contribution in [0.1, 0.15) is 19.7 Å². The smallest absolute Gasteiger partial charge is 0.246 e. The summed E-state index contributed by atoms with van der Waals surface area (Å²) in [7, 11) is 1.98. The minimum absolute atomic E-state index is 0.0648. The first-order valence-corrected chi connectivity index (χ1v) is 8.20. The molecule has 134 valence electrons. The summed E-state index contributed by atoms with van der Waals surface area (Å²) in [6.07, 6.45) is 3.72. The van der Waals surface area contributed by atoms with Gasteiger partial charge in [0, 0.05) is 38.6 Å². The van der Waals surface area contributed by atoms with E-state index in [2.05, 4.69) is 29.0 Å².